The van der Waals surface area contributed by atoms with Gasteiger partial charge in [-0.3, -0.25) is 4.79 Å². The number of allylic oxidation sites excluding steroid dienone is 1. The van der Waals surface area contributed by atoms with Crippen LogP contribution in [0.3, 0.4) is 0 Å². The van der Waals surface area contributed by atoms with Crippen LogP contribution >= 0.6 is 34.8 Å². The molecule has 1 aliphatic carbocycles. The maximum absolute atomic E-state index is 12.8. The van der Waals surface area contributed by atoms with E-state index in [1.165, 1.54) is 0 Å². The number of anilines is 1. The van der Waals surface area contributed by atoms with Crippen molar-refractivity contribution >= 4 is 52.0 Å². The smallest absolute Gasteiger partial charge is 0.229 e. The van der Waals surface area contributed by atoms with Gasteiger partial charge in [0.25, 0.3) is 0 Å². The number of carbonyl (C=O) groups excluding carboxylic acids is 1. The predicted molar refractivity (Wildman–Crippen MR) is 113 cm³/mol. The van der Waals surface area contributed by atoms with Crippen molar-refractivity contribution in [2.45, 2.75) is 31.6 Å². The third-order valence-electron chi connectivity index (χ3n) is 5.11. The third kappa shape index (κ3) is 3.69. The Bertz CT molecular complexity index is 929. The van der Waals surface area contributed by atoms with Crippen molar-refractivity contribution in [3.8, 4) is 5.75 Å². The summed E-state index contributed by atoms with van der Waals surface area (Å²) in [4.78, 5) is 12.1. The molecule has 0 aliphatic heterocycles. The lowest BCUT2D eigenvalue weighted by Gasteiger charge is -2.10. The van der Waals surface area contributed by atoms with Crippen LogP contribution in [0.2, 0.25) is 10.0 Å². The van der Waals surface area contributed by atoms with Crippen molar-refractivity contribution in [2.24, 2.45) is 5.92 Å². The second kappa shape index (κ2) is 7.05. The lowest BCUT2D eigenvalue weighted by atomic mass is 10.0. The predicted octanol–water partition coefficient (Wildman–Crippen LogP) is 6.39. The molecule has 0 saturated heterocycles. The summed E-state index contributed by atoms with van der Waals surface area (Å²) in [6, 6.07) is 8.64. The molecule has 2 aromatic carbocycles. The van der Waals surface area contributed by atoms with E-state index in [2.05, 4.69) is 11.9 Å². The number of aromatic hydroxyl groups is 1. The molecule has 2 aromatic rings. The number of halogens is 3. The zero-order chi connectivity index (χ0) is 20.1. The number of nitrogens with one attached hydrogen (secondary N) is 1. The highest BCUT2D eigenvalue weighted by Gasteiger charge is 2.65. The van der Waals surface area contributed by atoms with E-state index in [1.807, 2.05) is 13.8 Å². The number of hydrogen-bond acceptors (Lipinski definition) is 2. The number of phenolic OH excluding ortho intramolecular Hbond substituents is 1. The van der Waals surface area contributed by atoms with E-state index in [1.54, 1.807) is 37.3 Å². The van der Waals surface area contributed by atoms with Gasteiger partial charge in [0.1, 0.15) is 5.75 Å². The van der Waals surface area contributed by atoms with Crippen molar-refractivity contribution in [3.63, 3.8) is 0 Å². The molecular formula is C21H20Cl3NO2. The highest BCUT2D eigenvalue weighted by molar-refractivity contribution is 6.33. The molecule has 3 nitrogen and oxygen atoms in total. The van der Waals surface area contributed by atoms with Crippen LogP contribution in [0.25, 0.3) is 5.57 Å². The summed E-state index contributed by atoms with van der Waals surface area (Å²) in [5, 5.41) is 14.0. The van der Waals surface area contributed by atoms with Gasteiger partial charge in [-0.25, -0.2) is 0 Å². The molecule has 0 aromatic heterocycles. The topological polar surface area (TPSA) is 49.3 Å². The van der Waals surface area contributed by atoms with Crippen LogP contribution in [0.4, 0.5) is 5.69 Å². The number of amides is 1. The quantitative estimate of drug-likeness (QED) is 0.559. The average molecular weight is 425 g/mol. The fraction of sp³-hybridized carbons (Fsp3) is 0.286. The summed E-state index contributed by atoms with van der Waals surface area (Å²) < 4.78 is 0. The van der Waals surface area contributed by atoms with Gasteiger partial charge >= 0.3 is 0 Å². The summed E-state index contributed by atoms with van der Waals surface area (Å²) in [6.07, 6.45) is 0. The van der Waals surface area contributed by atoms with Crippen molar-refractivity contribution in [3.05, 3.63) is 63.6 Å². The first kappa shape index (κ1) is 20.1. The zero-order valence-electron chi connectivity index (χ0n) is 15.2. The molecule has 0 bridgehead atoms. The molecule has 0 heterocycles. The molecule has 1 fully saturated rings. The fourth-order valence-electron chi connectivity index (χ4n) is 3.42. The number of carbonyl (C=O) groups is 1. The summed E-state index contributed by atoms with van der Waals surface area (Å²) >= 11 is 18.9. The van der Waals surface area contributed by atoms with Gasteiger partial charge in [-0.05, 0) is 67.8 Å². The van der Waals surface area contributed by atoms with Crippen LogP contribution < -0.4 is 5.32 Å². The van der Waals surface area contributed by atoms with Crippen LogP contribution in [0.5, 0.6) is 5.75 Å². The molecule has 3 atom stereocenters. The first-order valence-electron chi connectivity index (χ1n) is 8.48. The second-order valence-electron chi connectivity index (χ2n) is 7.22. The highest BCUT2D eigenvalue weighted by Crippen LogP contribution is 2.62. The van der Waals surface area contributed by atoms with Gasteiger partial charge < -0.3 is 10.4 Å². The summed E-state index contributed by atoms with van der Waals surface area (Å²) in [5.41, 5.74) is 3.58. The molecule has 6 heteroatoms. The van der Waals surface area contributed by atoms with Crippen LogP contribution in [-0.4, -0.2) is 15.9 Å². The van der Waals surface area contributed by atoms with E-state index >= 15 is 0 Å². The molecule has 142 valence electrons. The molecule has 1 saturated carbocycles. The van der Waals surface area contributed by atoms with Crippen LogP contribution in [-0.2, 0) is 4.79 Å². The van der Waals surface area contributed by atoms with Gasteiger partial charge in [0, 0.05) is 27.2 Å². The number of benzene rings is 2. The minimum Gasteiger partial charge on any atom is -0.508 e. The lowest BCUT2D eigenvalue weighted by Crippen LogP contribution is -2.17. The van der Waals surface area contributed by atoms with E-state index in [9.17, 15) is 9.90 Å². The number of hydrogen-bond donors (Lipinski definition) is 2. The SMILES string of the molecule is C=C(C)c1cc(NC(=O)C2[C@H](c3cc(O)c(C)c(Cl)c3)C2(C)Cl)ccc1Cl. The largest absolute Gasteiger partial charge is 0.508 e. The zero-order valence-corrected chi connectivity index (χ0v) is 17.5. The van der Waals surface area contributed by atoms with Gasteiger partial charge in [-0.2, -0.15) is 0 Å². The Morgan fingerprint density at radius 2 is 1.89 bits per heavy atom. The van der Waals surface area contributed by atoms with Gasteiger partial charge in [0.15, 0.2) is 0 Å². The third-order valence-corrected chi connectivity index (χ3v) is 6.31. The Balaban J connectivity index is 1.84. The Labute approximate surface area is 173 Å². The number of rotatable bonds is 4. The summed E-state index contributed by atoms with van der Waals surface area (Å²) in [6.45, 7) is 9.30. The molecule has 0 spiro atoms. The molecule has 27 heavy (non-hydrogen) atoms. The van der Waals surface area contributed by atoms with E-state index in [0.29, 0.717) is 21.3 Å². The van der Waals surface area contributed by atoms with Crippen LogP contribution in [0, 0.1) is 12.8 Å². The van der Waals surface area contributed by atoms with Gasteiger partial charge in [-0.15, -0.1) is 11.6 Å². The minimum atomic E-state index is -0.751. The van der Waals surface area contributed by atoms with Crippen molar-refractivity contribution < 1.29 is 9.90 Å². The fourth-order valence-corrected chi connectivity index (χ4v) is 4.34. The van der Waals surface area contributed by atoms with Gasteiger partial charge in [0.05, 0.1) is 10.8 Å². The first-order chi connectivity index (χ1) is 12.5. The van der Waals surface area contributed by atoms with Crippen molar-refractivity contribution in [1.82, 2.24) is 0 Å². The molecule has 2 N–H and O–H groups in total. The molecule has 3 rings (SSSR count). The lowest BCUT2D eigenvalue weighted by molar-refractivity contribution is -0.117. The minimum absolute atomic E-state index is 0.0971. The van der Waals surface area contributed by atoms with Gasteiger partial charge in [-0.1, -0.05) is 29.8 Å². The normalized spacial score (nSPS) is 23.8. The number of phenols is 1. The van der Waals surface area contributed by atoms with Gasteiger partial charge in [0.2, 0.25) is 5.91 Å². The maximum atomic E-state index is 12.8. The van der Waals surface area contributed by atoms with Crippen LogP contribution in [0.1, 0.15) is 36.5 Å². The van der Waals surface area contributed by atoms with E-state index in [-0.39, 0.29) is 17.6 Å². The molecule has 1 aliphatic rings. The van der Waals surface area contributed by atoms with Crippen molar-refractivity contribution in [1.29, 1.82) is 0 Å². The first-order valence-corrected chi connectivity index (χ1v) is 9.61. The average Bonchev–Trinajstić information content (AvgIpc) is 3.16. The molecule has 2 unspecified atom stereocenters. The Kier molecular flexibility index (Phi) is 5.24. The monoisotopic (exact) mass is 423 g/mol. The summed E-state index contributed by atoms with van der Waals surface area (Å²) in [5.74, 6) is -0.777. The highest BCUT2D eigenvalue weighted by atomic mass is 35.5. The molecular weight excluding hydrogens is 405 g/mol. The standard InChI is InChI=1S/C21H20Cl3NO2/c1-10(2)14-9-13(5-6-15(14)22)25-20(27)19-18(21(19,4)24)12-7-16(23)11(3)17(26)8-12/h5-9,18-19,26H,1H2,2-4H3,(H,25,27)/t18-,19?,21?/m0/s1. The Morgan fingerprint density at radius 1 is 1.22 bits per heavy atom. The maximum Gasteiger partial charge on any atom is 0.229 e. The number of alkyl halides is 1. The molecule has 1 amide bonds. The Hall–Kier alpha value is -1.68. The van der Waals surface area contributed by atoms with Crippen LogP contribution in [0.15, 0.2) is 36.9 Å². The second-order valence-corrected chi connectivity index (χ2v) is 8.85. The van der Waals surface area contributed by atoms with Crippen molar-refractivity contribution in [2.75, 3.05) is 5.32 Å². The summed E-state index contributed by atoms with van der Waals surface area (Å²) in [7, 11) is 0. The van der Waals surface area contributed by atoms with E-state index in [4.69, 9.17) is 34.8 Å². The Morgan fingerprint density at radius 3 is 2.48 bits per heavy atom. The molecule has 0 radical (unpaired) electrons. The van der Waals surface area contributed by atoms with E-state index < -0.39 is 10.8 Å². The van der Waals surface area contributed by atoms with E-state index in [0.717, 1.165) is 16.7 Å².